The van der Waals surface area contributed by atoms with Crippen LogP contribution in [0.25, 0.3) is 10.8 Å². The van der Waals surface area contributed by atoms with Crippen LogP contribution in [-0.4, -0.2) is 12.5 Å². The summed E-state index contributed by atoms with van der Waals surface area (Å²) in [7, 11) is 0. The molecule has 0 heterocycles. The van der Waals surface area contributed by atoms with Crippen LogP contribution in [0.3, 0.4) is 0 Å². The Bertz CT molecular complexity index is 876. The van der Waals surface area contributed by atoms with E-state index in [9.17, 15) is 4.79 Å². The highest BCUT2D eigenvalue weighted by Crippen LogP contribution is 2.24. The van der Waals surface area contributed by atoms with Gasteiger partial charge in [-0.05, 0) is 46.0 Å². The van der Waals surface area contributed by atoms with Gasteiger partial charge in [-0.15, -0.1) is 0 Å². The van der Waals surface area contributed by atoms with E-state index in [-0.39, 0.29) is 17.9 Å². The smallest absolute Gasteiger partial charge is 0.262 e. The van der Waals surface area contributed by atoms with Crippen molar-refractivity contribution in [2.24, 2.45) is 0 Å². The lowest BCUT2D eigenvalue weighted by atomic mass is 9.87. The van der Waals surface area contributed by atoms with Gasteiger partial charge in [-0.2, -0.15) is 0 Å². The highest BCUT2D eigenvalue weighted by molar-refractivity contribution is 5.95. The Hall–Kier alpha value is -2.81. The number of anilines is 1. The first kappa shape index (κ1) is 17.0. The molecule has 0 bridgehead atoms. The fourth-order valence-electron chi connectivity index (χ4n) is 2.66. The first-order valence-electron chi connectivity index (χ1n) is 8.44. The molecule has 0 unspecified atom stereocenters. The van der Waals surface area contributed by atoms with Crippen LogP contribution >= 0.6 is 0 Å². The fraction of sp³-hybridized carbons (Fsp3) is 0.227. The van der Waals surface area contributed by atoms with E-state index in [2.05, 4.69) is 26.1 Å². The third-order valence-electron chi connectivity index (χ3n) is 4.12. The summed E-state index contributed by atoms with van der Waals surface area (Å²) in [6.07, 6.45) is 0. The molecule has 0 spiro atoms. The molecule has 3 heteroatoms. The monoisotopic (exact) mass is 333 g/mol. The maximum absolute atomic E-state index is 12.1. The number of hydrogen-bond donors (Lipinski definition) is 1. The summed E-state index contributed by atoms with van der Waals surface area (Å²) in [6, 6.07) is 21.8. The molecule has 0 aromatic heterocycles. The van der Waals surface area contributed by atoms with E-state index in [1.54, 1.807) is 0 Å². The molecule has 1 N–H and O–H groups in total. The molecule has 0 saturated carbocycles. The molecule has 0 aliphatic carbocycles. The summed E-state index contributed by atoms with van der Waals surface area (Å²) in [6.45, 7) is 6.49. The van der Waals surface area contributed by atoms with Gasteiger partial charge in [0.2, 0.25) is 0 Å². The van der Waals surface area contributed by atoms with Gasteiger partial charge in [0, 0.05) is 5.69 Å². The van der Waals surface area contributed by atoms with Crippen molar-refractivity contribution in [3.63, 3.8) is 0 Å². The van der Waals surface area contributed by atoms with E-state index in [4.69, 9.17) is 4.74 Å². The van der Waals surface area contributed by atoms with Crippen LogP contribution < -0.4 is 10.1 Å². The minimum atomic E-state index is -0.171. The summed E-state index contributed by atoms with van der Waals surface area (Å²) in [5.41, 5.74) is 2.11. The Morgan fingerprint density at radius 2 is 1.60 bits per heavy atom. The standard InChI is InChI=1S/C22H23NO2/c1-22(2,3)18-9-12-20(13-10-18)25-15-21(24)23-19-11-8-16-6-4-5-7-17(16)14-19/h4-14H,15H2,1-3H3,(H,23,24). The average Bonchev–Trinajstić information content (AvgIpc) is 2.59. The second kappa shape index (κ2) is 6.98. The second-order valence-electron chi connectivity index (χ2n) is 7.17. The molecule has 25 heavy (non-hydrogen) atoms. The van der Waals surface area contributed by atoms with Crippen molar-refractivity contribution in [1.82, 2.24) is 0 Å². The van der Waals surface area contributed by atoms with Gasteiger partial charge in [0.1, 0.15) is 5.75 Å². The van der Waals surface area contributed by atoms with Crippen LogP contribution in [-0.2, 0) is 10.2 Å². The third kappa shape index (κ3) is 4.38. The van der Waals surface area contributed by atoms with Crippen molar-refractivity contribution in [2.45, 2.75) is 26.2 Å². The summed E-state index contributed by atoms with van der Waals surface area (Å²) in [5, 5.41) is 5.12. The number of ether oxygens (including phenoxy) is 1. The number of carbonyl (C=O) groups is 1. The first-order chi connectivity index (χ1) is 11.9. The van der Waals surface area contributed by atoms with Gasteiger partial charge in [-0.3, -0.25) is 4.79 Å². The molecule has 3 aromatic rings. The SMILES string of the molecule is CC(C)(C)c1ccc(OCC(=O)Nc2ccc3ccccc3c2)cc1. The van der Waals surface area contributed by atoms with Crippen molar-refractivity contribution >= 4 is 22.4 Å². The van der Waals surface area contributed by atoms with Crippen molar-refractivity contribution in [2.75, 3.05) is 11.9 Å². The lowest BCUT2D eigenvalue weighted by Crippen LogP contribution is -2.20. The quantitative estimate of drug-likeness (QED) is 0.716. The maximum atomic E-state index is 12.1. The number of hydrogen-bond acceptors (Lipinski definition) is 2. The Labute approximate surface area is 148 Å². The van der Waals surface area contributed by atoms with Crippen LogP contribution in [0.5, 0.6) is 5.75 Å². The molecule has 3 aromatic carbocycles. The van der Waals surface area contributed by atoms with Gasteiger partial charge >= 0.3 is 0 Å². The van der Waals surface area contributed by atoms with Crippen molar-refractivity contribution < 1.29 is 9.53 Å². The molecule has 3 rings (SSSR count). The number of carbonyl (C=O) groups excluding carboxylic acids is 1. The van der Waals surface area contributed by atoms with Gasteiger partial charge in [0.15, 0.2) is 6.61 Å². The molecule has 0 fully saturated rings. The van der Waals surface area contributed by atoms with Gasteiger partial charge in [0.05, 0.1) is 0 Å². The van der Waals surface area contributed by atoms with Gasteiger partial charge in [-0.1, -0.05) is 63.2 Å². The summed E-state index contributed by atoms with van der Waals surface area (Å²) in [5.74, 6) is 0.525. The topological polar surface area (TPSA) is 38.3 Å². The zero-order valence-electron chi connectivity index (χ0n) is 14.9. The molecular formula is C22H23NO2. The Balaban J connectivity index is 1.58. The van der Waals surface area contributed by atoms with Crippen molar-refractivity contribution in [3.8, 4) is 5.75 Å². The summed E-state index contributed by atoms with van der Waals surface area (Å²) >= 11 is 0. The molecule has 0 aliphatic rings. The number of rotatable bonds is 4. The Kier molecular flexibility index (Phi) is 4.75. The van der Waals surface area contributed by atoms with Gasteiger partial charge in [-0.25, -0.2) is 0 Å². The number of amides is 1. The summed E-state index contributed by atoms with van der Waals surface area (Å²) in [4.78, 5) is 12.1. The van der Waals surface area contributed by atoms with Crippen LogP contribution in [0.15, 0.2) is 66.7 Å². The maximum Gasteiger partial charge on any atom is 0.262 e. The zero-order valence-corrected chi connectivity index (χ0v) is 14.9. The first-order valence-corrected chi connectivity index (χ1v) is 8.44. The van der Waals surface area contributed by atoms with Crippen LogP contribution in [0.4, 0.5) is 5.69 Å². The molecule has 1 amide bonds. The molecule has 0 saturated heterocycles. The Morgan fingerprint density at radius 1 is 0.920 bits per heavy atom. The van der Waals surface area contributed by atoms with Gasteiger partial charge in [0.25, 0.3) is 5.91 Å². The van der Waals surface area contributed by atoms with E-state index in [0.717, 1.165) is 16.5 Å². The molecule has 128 valence electrons. The van der Waals surface area contributed by atoms with E-state index in [1.165, 1.54) is 5.56 Å². The summed E-state index contributed by atoms with van der Waals surface area (Å²) < 4.78 is 5.58. The third-order valence-corrected chi connectivity index (χ3v) is 4.12. The second-order valence-corrected chi connectivity index (χ2v) is 7.17. The van der Waals surface area contributed by atoms with Crippen LogP contribution in [0, 0.1) is 0 Å². The van der Waals surface area contributed by atoms with Crippen LogP contribution in [0.1, 0.15) is 26.3 Å². The van der Waals surface area contributed by atoms with E-state index in [1.807, 2.05) is 66.7 Å². The number of fused-ring (bicyclic) bond motifs is 1. The minimum absolute atomic E-state index is 0.0122. The predicted molar refractivity (Wildman–Crippen MR) is 103 cm³/mol. The number of benzene rings is 3. The lowest BCUT2D eigenvalue weighted by Gasteiger charge is -2.19. The van der Waals surface area contributed by atoms with E-state index in [0.29, 0.717) is 5.75 Å². The lowest BCUT2D eigenvalue weighted by molar-refractivity contribution is -0.118. The highest BCUT2D eigenvalue weighted by atomic mass is 16.5. The zero-order chi connectivity index (χ0) is 17.9. The largest absolute Gasteiger partial charge is 0.484 e. The number of nitrogens with one attached hydrogen (secondary N) is 1. The molecule has 3 nitrogen and oxygen atoms in total. The van der Waals surface area contributed by atoms with E-state index < -0.39 is 0 Å². The highest BCUT2D eigenvalue weighted by Gasteiger charge is 2.13. The molecular weight excluding hydrogens is 310 g/mol. The van der Waals surface area contributed by atoms with Crippen LogP contribution in [0.2, 0.25) is 0 Å². The van der Waals surface area contributed by atoms with Gasteiger partial charge < -0.3 is 10.1 Å². The normalized spacial score (nSPS) is 11.3. The fourth-order valence-corrected chi connectivity index (χ4v) is 2.66. The average molecular weight is 333 g/mol. The Morgan fingerprint density at radius 3 is 2.28 bits per heavy atom. The minimum Gasteiger partial charge on any atom is -0.484 e. The predicted octanol–water partition coefficient (Wildman–Crippen LogP) is 5.15. The molecule has 0 aliphatic heterocycles. The molecule has 0 atom stereocenters. The molecule has 0 radical (unpaired) electrons. The van der Waals surface area contributed by atoms with Crippen molar-refractivity contribution in [1.29, 1.82) is 0 Å². The van der Waals surface area contributed by atoms with Crippen molar-refractivity contribution in [3.05, 3.63) is 72.3 Å². The van der Waals surface area contributed by atoms with E-state index >= 15 is 0 Å².